The summed E-state index contributed by atoms with van der Waals surface area (Å²) in [5.74, 6) is 0.762. The number of ketones is 1. The first-order chi connectivity index (χ1) is 15.8. The Morgan fingerprint density at radius 2 is 1.94 bits per heavy atom. The van der Waals surface area contributed by atoms with Crippen LogP contribution < -0.4 is 9.47 Å². The van der Waals surface area contributed by atoms with Gasteiger partial charge >= 0.3 is 5.30 Å². The van der Waals surface area contributed by atoms with E-state index in [4.69, 9.17) is 25.8 Å². The van der Waals surface area contributed by atoms with Crippen molar-refractivity contribution < 1.29 is 28.0 Å². The van der Waals surface area contributed by atoms with E-state index in [1.165, 1.54) is 16.9 Å². The monoisotopic (exact) mass is 515 g/mol. The van der Waals surface area contributed by atoms with Gasteiger partial charge in [-0.3, -0.25) is 4.79 Å². The third kappa shape index (κ3) is 6.08. The zero-order valence-electron chi connectivity index (χ0n) is 18.7. The van der Waals surface area contributed by atoms with Gasteiger partial charge in [-0.1, -0.05) is 18.0 Å². The molecule has 12 heteroatoms. The van der Waals surface area contributed by atoms with E-state index in [1.54, 1.807) is 26.5 Å². The molecule has 9 nitrogen and oxygen atoms in total. The molecule has 1 aliphatic heterocycles. The number of methoxy groups -OCH3 is 1. The van der Waals surface area contributed by atoms with E-state index in [1.807, 2.05) is 0 Å². The van der Waals surface area contributed by atoms with Crippen LogP contribution in [0, 0.1) is 0 Å². The maximum atomic E-state index is 13.4. The number of ether oxygens (including phenoxy) is 3. The van der Waals surface area contributed by atoms with E-state index in [2.05, 4.69) is 9.46 Å². The Bertz CT molecular complexity index is 1150. The van der Waals surface area contributed by atoms with Gasteiger partial charge in [0.15, 0.2) is 0 Å². The molecule has 1 aromatic heterocycles. The molecule has 0 bridgehead atoms. The second kappa shape index (κ2) is 11.4. The molecule has 2 aromatic rings. The molecule has 0 atom stereocenters. The van der Waals surface area contributed by atoms with Crippen molar-refractivity contribution in [3.05, 3.63) is 34.5 Å². The van der Waals surface area contributed by atoms with E-state index in [9.17, 15) is 13.8 Å². The molecule has 0 spiro atoms. The molecule has 0 amide bonds. The fourth-order valence-electron chi connectivity index (χ4n) is 3.32. The van der Waals surface area contributed by atoms with Gasteiger partial charge in [0, 0.05) is 31.2 Å². The molecule has 2 heterocycles. The summed E-state index contributed by atoms with van der Waals surface area (Å²) in [7, 11) is 0.591. The largest absolute Gasteiger partial charge is 0.489 e. The molecule has 1 saturated heterocycles. The number of aromatic nitrogens is 2. The fraction of sp³-hybridized carbons (Fsp3) is 0.476. The van der Waals surface area contributed by atoms with Gasteiger partial charge in [0.05, 0.1) is 27.6 Å². The van der Waals surface area contributed by atoms with Crippen molar-refractivity contribution in [2.24, 2.45) is 11.4 Å². The summed E-state index contributed by atoms with van der Waals surface area (Å²) < 4.78 is 35.2. The lowest BCUT2D eigenvalue weighted by Crippen LogP contribution is -2.16. The zero-order valence-corrected chi connectivity index (χ0v) is 21.1. The average molecular weight is 516 g/mol. The molecule has 1 aromatic carbocycles. The summed E-state index contributed by atoms with van der Waals surface area (Å²) in [6.07, 6.45) is 5.52. The van der Waals surface area contributed by atoms with Crippen molar-refractivity contribution in [1.82, 2.24) is 9.78 Å². The van der Waals surface area contributed by atoms with Crippen molar-refractivity contribution in [2.75, 3.05) is 38.1 Å². The summed E-state index contributed by atoms with van der Waals surface area (Å²) in [5.41, 5.74) is 0.363. The topological polar surface area (TPSA) is 109 Å². The van der Waals surface area contributed by atoms with Gasteiger partial charge in [-0.25, -0.2) is 13.7 Å². The molecule has 0 saturated carbocycles. The number of halogens is 1. The van der Waals surface area contributed by atoms with Crippen LogP contribution in [0.4, 0.5) is 10.5 Å². The Kier molecular flexibility index (Phi) is 8.80. The fourth-order valence-corrected chi connectivity index (χ4v) is 6.03. The third-order valence-corrected chi connectivity index (χ3v) is 8.20. The van der Waals surface area contributed by atoms with Crippen LogP contribution in [0.1, 0.15) is 35.2 Å². The quantitative estimate of drug-likeness (QED) is 0.287. The summed E-state index contributed by atoms with van der Waals surface area (Å²) >= 11 is 7.52. The Balaban J connectivity index is 2.07. The number of carbonyl (C=O) groups is 2. The highest BCUT2D eigenvalue weighted by molar-refractivity contribution is 8.12. The second-order valence-electron chi connectivity index (χ2n) is 7.32. The maximum Gasteiger partial charge on any atom is 0.373 e. The predicted octanol–water partition coefficient (Wildman–Crippen LogP) is 4.47. The molecule has 0 N–H and O–H groups in total. The lowest BCUT2D eigenvalue weighted by atomic mass is 10.0. The van der Waals surface area contributed by atoms with Gasteiger partial charge in [0.2, 0.25) is 11.7 Å². The number of aryl methyl sites for hydroxylation is 1. The number of rotatable bonds is 8. The van der Waals surface area contributed by atoms with Crippen molar-refractivity contribution in [3.8, 4) is 11.6 Å². The Hall–Kier alpha value is -2.08. The van der Waals surface area contributed by atoms with E-state index in [-0.39, 0.29) is 34.3 Å². The lowest BCUT2D eigenvalue weighted by molar-refractivity contribution is 0.103. The minimum Gasteiger partial charge on any atom is -0.489 e. The molecule has 33 heavy (non-hydrogen) atoms. The van der Waals surface area contributed by atoms with Gasteiger partial charge in [0.25, 0.3) is 0 Å². The van der Waals surface area contributed by atoms with E-state index >= 15 is 0 Å². The average Bonchev–Trinajstić information content (AvgIpc) is 3.16. The van der Waals surface area contributed by atoms with Gasteiger partial charge in [-0.05, 0) is 43.0 Å². The molecular formula is C21H26ClN3O6S2. The van der Waals surface area contributed by atoms with Crippen molar-refractivity contribution in [2.45, 2.75) is 19.3 Å². The SMILES string of the molecule is COCCOc1ccc(C(=O)c2cnn(C)c2OC(=O)SC)c(Cl)c1N=S1(=O)CCCCC1. The summed E-state index contributed by atoms with van der Waals surface area (Å²) in [5, 5.41) is 3.48. The second-order valence-corrected chi connectivity index (χ2v) is 11.0. The third-order valence-electron chi connectivity index (χ3n) is 5.03. The number of thioether (sulfide) groups is 1. The van der Waals surface area contributed by atoms with Gasteiger partial charge in [0.1, 0.15) is 23.6 Å². The van der Waals surface area contributed by atoms with Crippen LogP contribution in [-0.2, 0) is 21.5 Å². The Labute approximate surface area is 202 Å². The van der Waals surface area contributed by atoms with Crippen LogP contribution in [0.25, 0.3) is 0 Å². The smallest absolute Gasteiger partial charge is 0.373 e. The van der Waals surface area contributed by atoms with Crippen LogP contribution in [-0.4, -0.2) is 63.2 Å². The first-order valence-electron chi connectivity index (χ1n) is 10.3. The number of carbonyl (C=O) groups excluding carboxylic acids is 2. The lowest BCUT2D eigenvalue weighted by Gasteiger charge is -2.18. The highest BCUT2D eigenvalue weighted by Crippen LogP contribution is 2.41. The van der Waals surface area contributed by atoms with Crippen molar-refractivity contribution >= 4 is 49.9 Å². The highest BCUT2D eigenvalue weighted by Gasteiger charge is 2.26. The van der Waals surface area contributed by atoms with Crippen LogP contribution in [0.2, 0.25) is 5.02 Å². The minimum absolute atomic E-state index is 0.00697. The molecule has 3 rings (SSSR count). The standard InChI is InChI=1S/C21H26ClN3O6S2/c1-25-20(31-21(27)32-3)15(13-23-25)19(26)14-7-8-16(30-10-9-29-2)18(17(14)22)24-33(28)11-5-4-6-12-33/h7-8,13H,4-6,9-12H2,1-3H3. The van der Waals surface area contributed by atoms with Crippen LogP contribution in [0.15, 0.2) is 22.7 Å². The molecule has 1 fully saturated rings. The van der Waals surface area contributed by atoms with Crippen molar-refractivity contribution in [3.63, 3.8) is 0 Å². The maximum absolute atomic E-state index is 13.4. The first-order valence-corrected chi connectivity index (χ1v) is 13.7. The molecule has 180 valence electrons. The molecule has 0 aliphatic carbocycles. The number of benzene rings is 1. The Morgan fingerprint density at radius 3 is 2.61 bits per heavy atom. The minimum atomic E-state index is -2.52. The molecule has 0 unspecified atom stereocenters. The summed E-state index contributed by atoms with van der Waals surface area (Å²) in [4.78, 5) is 25.1. The van der Waals surface area contributed by atoms with Crippen LogP contribution in [0.3, 0.4) is 0 Å². The van der Waals surface area contributed by atoms with Crippen LogP contribution in [0.5, 0.6) is 11.6 Å². The number of hydrogen-bond donors (Lipinski definition) is 0. The van der Waals surface area contributed by atoms with E-state index < -0.39 is 20.8 Å². The first kappa shape index (κ1) is 25.5. The summed E-state index contributed by atoms with van der Waals surface area (Å²) in [6.45, 7) is 0.578. The van der Waals surface area contributed by atoms with Gasteiger partial charge in [-0.2, -0.15) is 9.46 Å². The highest BCUT2D eigenvalue weighted by atomic mass is 35.5. The van der Waals surface area contributed by atoms with E-state index in [0.29, 0.717) is 23.9 Å². The number of hydrogen-bond acceptors (Lipinski definition) is 9. The molecular weight excluding hydrogens is 490 g/mol. The molecule has 0 radical (unpaired) electrons. The van der Waals surface area contributed by atoms with Crippen LogP contribution >= 0.6 is 23.4 Å². The zero-order chi connectivity index (χ0) is 24.0. The number of nitrogens with zero attached hydrogens (tertiary/aromatic N) is 3. The predicted molar refractivity (Wildman–Crippen MR) is 129 cm³/mol. The normalized spacial score (nSPS) is 15.2. The summed E-state index contributed by atoms with van der Waals surface area (Å²) in [6, 6.07) is 3.08. The van der Waals surface area contributed by atoms with Gasteiger partial charge < -0.3 is 14.2 Å². The Morgan fingerprint density at radius 1 is 1.21 bits per heavy atom. The molecule has 1 aliphatic rings. The van der Waals surface area contributed by atoms with E-state index in [0.717, 1.165) is 31.0 Å². The van der Waals surface area contributed by atoms with Gasteiger partial charge in [-0.15, -0.1) is 0 Å². The van der Waals surface area contributed by atoms with Crippen molar-refractivity contribution in [1.29, 1.82) is 0 Å².